The highest BCUT2D eigenvalue weighted by Gasteiger charge is 2.12. The summed E-state index contributed by atoms with van der Waals surface area (Å²) >= 11 is 6.65. The van der Waals surface area contributed by atoms with E-state index in [-0.39, 0.29) is 35.8 Å². The Labute approximate surface area is 706 Å². The average molecular weight is 1760 g/mol. The van der Waals surface area contributed by atoms with E-state index in [4.69, 9.17) is 67.1 Å². The third-order valence-corrected chi connectivity index (χ3v) is 16.7. The first-order chi connectivity index (χ1) is 55.9. The summed E-state index contributed by atoms with van der Waals surface area (Å²) in [5, 5.41) is 18.9. The first-order valence-electron chi connectivity index (χ1n) is 39.6. The summed E-state index contributed by atoms with van der Waals surface area (Å²) in [6.45, 7) is 30.7. The van der Waals surface area contributed by atoms with Gasteiger partial charge in [0.2, 0.25) is 0 Å². The van der Waals surface area contributed by atoms with E-state index in [2.05, 4.69) is 49.6 Å². The zero-order valence-electron chi connectivity index (χ0n) is 71.4. The molecular weight excluding hydrogens is 1620 g/mol. The molecule has 0 amide bonds. The number of aromatic hydroxyl groups is 1. The van der Waals surface area contributed by atoms with Crippen molar-refractivity contribution in [3.63, 3.8) is 0 Å². The molecule has 5 aromatic carbocycles. The number of aliphatic hydroxyl groups excluding tert-OH is 1. The maximum atomic E-state index is 11.5. The predicted molar refractivity (Wildman–Crippen MR) is 461 cm³/mol. The summed E-state index contributed by atoms with van der Waals surface area (Å²) in [6, 6.07) is 28.3. The van der Waals surface area contributed by atoms with Crippen molar-refractivity contribution in [3.05, 3.63) is 159 Å². The Morgan fingerprint density at radius 2 is 0.716 bits per heavy atom. The number of aldehydes is 2. The molecule has 2 N–H and O–H groups in total. The number of alkyl halides is 2. The summed E-state index contributed by atoms with van der Waals surface area (Å²) < 4.78 is 66.1. The number of hydrogen-bond donors (Lipinski definition) is 2. The van der Waals surface area contributed by atoms with Crippen LogP contribution in [0.15, 0.2) is 103 Å². The summed E-state index contributed by atoms with van der Waals surface area (Å²) in [4.78, 5) is 98.9. The lowest BCUT2D eigenvalue weighted by Gasteiger charge is -2.12. The number of ether oxygens (including phenoxy) is 13. The summed E-state index contributed by atoms with van der Waals surface area (Å²) in [7, 11) is 3.36. The van der Waals surface area contributed by atoms with Gasteiger partial charge in [0.15, 0.2) is 6.29 Å². The van der Waals surface area contributed by atoms with Gasteiger partial charge >= 0.3 is 41.8 Å². The molecule has 0 atom stereocenters. The van der Waals surface area contributed by atoms with E-state index in [1.54, 1.807) is 73.1 Å². The summed E-state index contributed by atoms with van der Waals surface area (Å²) in [5.41, 5.74) is 9.56. The standard InChI is InChI=1S/C18H23BrO5.C18H24O5.C14H18O4.C14H20O3.C8H10O.C6H11BrO2.C6H14O2.C6H12O2/c1-3-22-17(20)9-6-12-24-16-8-5-7-14(13-19)15(16)10-11-18(21)23-4-2;1-4-21-17(19)10-7-13-23-16-9-6-8-14(3)15(16)11-12-18(20)22-5-2;1-3-17-14(16)8-5-9-18-13-7-4-6-11(2)12(13)10-15;1-4-16-14(15)9-6-10-17-13-8-5-7-11(2)12(13)3;1-6-4-3-5-8(9)7(6)2;1-2-9-6(8)4-3-5-7;2*1-8-6-4-2-3-5-7/h5,7-8,10-11H,3-4,6,9,12-13H2,1-2H3;6,8-9,11-12H,4-5,7,10,13H2,1-3H3;4,6-7,10H,3,5,8-9H2,1-2H3;5,7-8H,4,6,9-10H2,1-3H3;3-5,9H,1-2H3;2-5H2,1H3;7H,2-6H2,1H3;5H,2-4,6H2,1H3/b11-10+;12-11+;;;;;;. The quantitative estimate of drug-likeness (QED) is 0.00913. The number of phenols is 1. The van der Waals surface area contributed by atoms with E-state index in [1.165, 1.54) is 17.7 Å². The van der Waals surface area contributed by atoms with E-state index in [9.17, 15) is 43.2 Å². The predicted octanol–water partition coefficient (Wildman–Crippen LogP) is 18.3. The van der Waals surface area contributed by atoms with Crippen molar-refractivity contribution in [2.45, 2.75) is 198 Å². The van der Waals surface area contributed by atoms with Crippen LogP contribution in [0, 0.1) is 41.5 Å². The fourth-order valence-electron chi connectivity index (χ4n) is 9.22. The van der Waals surface area contributed by atoms with Crippen molar-refractivity contribution < 1.29 is 115 Å². The zero-order chi connectivity index (χ0) is 87.4. The van der Waals surface area contributed by atoms with E-state index in [1.807, 2.05) is 121 Å². The minimum atomic E-state index is -0.393. The van der Waals surface area contributed by atoms with Crippen molar-refractivity contribution >= 4 is 98.4 Å². The molecule has 0 radical (unpaired) electrons. The van der Waals surface area contributed by atoms with Gasteiger partial charge in [0, 0.05) is 107 Å². The second-order valence-electron chi connectivity index (χ2n) is 24.7. The lowest BCUT2D eigenvalue weighted by molar-refractivity contribution is -0.144. The fourth-order valence-corrected chi connectivity index (χ4v) is 9.99. The number of benzene rings is 5. The highest BCUT2D eigenvalue weighted by atomic mass is 79.9. The first-order valence-corrected chi connectivity index (χ1v) is 41.8. The van der Waals surface area contributed by atoms with Crippen LogP contribution in [-0.4, -0.2) is 177 Å². The smallest absolute Gasteiger partial charge is 0.330 e. The molecule has 0 spiro atoms. The molecule has 0 saturated carbocycles. The van der Waals surface area contributed by atoms with Gasteiger partial charge in [-0.25, -0.2) is 9.59 Å². The van der Waals surface area contributed by atoms with Gasteiger partial charge in [-0.15, -0.1) is 0 Å². The monoisotopic (exact) mass is 1750 g/mol. The van der Waals surface area contributed by atoms with Gasteiger partial charge in [0.05, 0.1) is 78.2 Å². The van der Waals surface area contributed by atoms with Gasteiger partial charge in [-0.05, 0) is 236 Å². The number of esters is 7. The van der Waals surface area contributed by atoms with E-state index in [0.717, 1.165) is 120 Å². The molecule has 0 aliphatic heterocycles. The lowest BCUT2D eigenvalue weighted by Crippen LogP contribution is -2.07. The highest BCUT2D eigenvalue weighted by Crippen LogP contribution is 2.28. The molecule has 0 fully saturated rings. The summed E-state index contributed by atoms with van der Waals surface area (Å²) in [6.07, 6.45) is 18.7. The molecule has 116 heavy (non-hydrogen) atoms. The third kappa shape index (κ3) is 59.7. The Bertz CT molecular complexity index is 3490. The molecule has 24 nitrogen and oxygen atoms in total. The van der Waals surface area contributed by atoms with Gasteiger partial charge in [-0.3, -0.25) is 28.8 Å². The number of aryl methyl sites for hydroxylation is 4. The molecule has 0 saturated heterocycles. The van der Waals surface area contributed by atoms with Gasteiger partial charge in [-0.1, -0.05) is 92.5 Å². The van der Waals surface area contributed by atoms with Crippen LogP contribution in [0.25, 0.3) is 12.2 Å². The Morgan fingerprint density at radius 1 is 0.371 bits per heavy atom. The van der Waals surface area contributed by atoms with Crippen molar-refractivity contribution in [2.75, 3.05) is 112 Å². The maximum Gasteiger partial charge on any atom is 0.330 e. The molecule has 0 aromatic heterocycles. The van der Waals surface area contributed by atoms with Crippen molar-refractivity contribution in [3.8, 4) is 28.7 Å². The number of aliphatic hydroxyl groups is 1. The largest absolute Gasteiger partial charge is 0.508 e. The van der Waals surface area contributed by atoms with Crippen LogP contribution < -0.4 is 18.9 Å². The van der Waals surface area contributed by atoms with E-state index in [0.29, 0.717) is 177 Å². The van der Waals surface area contributed by atoms with Crippen LogP contribution >= 0.6 is 31.9 Å². The van der Waals surface area contributed by atoms with Gasteiger partial charge in [0.25, 0.3) is 0 Å². The van der Waals surface area contributed by atoms with Crippen molar-refractivity contribution in [1.29, 1.82) is 0 Å². The third-order valence-electron chi connectivity index (χ3n) is 15.6. The van der Waals surface area contributed by atoms with Crippen LogP contribution in [0.1, 0.15) is 212 Å². The number of hydrogen-bond acceptors (Lipinski definition) is 24. The second kappa shape index (κ2) is 77.3. The van der Waals surface area contributed by atoms with Crippen LogP contribution in [0.4, 0.5) is 0 Å². The highest BCUT2D eigenvalue weighted by molar-refractivity contribution is 9.09. The van der Waals surface area contributed by atoms with E-state index >= 15 is 0 Å². The SMILES string of the molecule is CCOC(=O)/C=C/c1c(C)cccc1OCCCC(=O)OCC.CCOC(=O)/C=C/c1c(CBr)cccc1OCCCC(=O)OCC.CCOC(=O)CCCBr.CCOC(=O)CCCOc1cccc(C)c1C.CCOC(=O)CCCOc1cccc(C)c1C=O.COCCCCC=O.COCCCCCO.Cc1cccc(O)c1C. The maximum absolute atomic E-state index is 11.5. The number of carbonyl (C=O) groups excluding carboxylic acids is 9. The Morgan fingerprint density at radius 3 is 1.09 bits per heavy atom. The Hall–Kier alpha value is -8.95. The molecule has 0 bridgehead atoms. The summed E-state index contributed by atoms with van der Waals surface area (Å²) in [5.74, 6) is 1.48. The molecule has 5 aromatic rings. The van der Waals surface area contributed by atoms with Crippen LogP contribution in [-0.2, 0) is 86.3 Å². The number of phenolic OH excluding ortho intramolecular Hbond substituents is 1. The zero-order valence-corrected chi connectivity index (χ0v) is 74.6. The second-order valence-corrected chi connectivity index (χ2v) is 26.1. The fraction of sp³-hybridized carbons (Fsp3) is 0.522. The number of methoxy groups -OCH3 is 2. The number of carbonyl (C=O) groups is 9. The molecule has 0 unspecified atom stereocenters. The first kappa shape index (κ1) is 111. The molecule has 0 aliphatic rings. The van der Waals surface area contributed by atoms with Crippen LogP contribution in [0.3, 0.4) is 0 Å². The molecule has 0 aliphatic carbocycles. The topological polar surface area (TPSA) is 314 Å². The molecular formula is C90H132Br2O24. The Kier molecular flexibility index (Phi) is 74.1. The normalized spacial score (nSPS) is 10.1. The number of rotatable bonds is 46. The molecule has 5 rings (SSSR count). The lowest BCUT2D eigenvalue weighted by atomic mass is 10.1. The van der Waals surface area contributed by atoms with Crippen molar-refractivity contribution in [2.24, 2.45) is 0 Å². The van der Waals surface area contributed by atoms with E-state index < -0.39 is 5.97 Å². The molecule has 26 heteroatoms. The molecule has 0 heterocycles. The average Bonchev–Trinajstić information content (AvgIpc) is 0.862. The van der Waals surface area contributed by atoms with Gasteiger partial charge in [-0.2, -0.15) is 0 Å². The van der Waals surface area contributed by atoms with Gasteiger partial charge in [0.1, 0.15) is 35.0 Å². The number of unbranched alkanes of at least 4 members (excludes halogenated alkanes) is 4. The minimum Gasteiger partial charge on any atom is -0.508 e. The van der Waals surface area contributed by atoms with Crippen LogP contribution in [0.2, 0.25) is 0 Å². The number of halogens is 2. The Balaban J connectivity index is -0.00000130. The van der Waals surface area contributed by atoms with Crippen molar-refractivity contribution in [1.82, 2.24) is 0 Å². The molecule has 650 valence electrons. The minimum absolute atomic E-state index is 0.100. The van der Waals surface area contributed by atoms with Gasteiger partial charge < -0.3 is 76.6 Å². The van der Waals surface area contributed by atoms with Crippen LogP contribution in [0.5, 0.6) is 28.7 Å².